The Morgan fingerprint density at radius 1 is 1.00 bits per heavy atom. The van der Waals surface area contributed by atoms with Crippen LogP contribution in [0.2, 0.25) is 0 Å². The zero-order valence-corrected chi connectivity index (χ0v) is 3.05. The summed E-state index contributed by atoms with van der Waals surface area (Å²) in [6.07, 6.45) is 3.25. The van der Waals surface area contributed by atoms with Crippen molar-refractivity contribution in [2.24, 2.45) is 10.2 Å². The Kier molecular flexibility index (Phi) is 0.731. The number of nitrogens with one attached hydrogen (secondary N) is 2. The molecule has 2 rings (SSSR count). The van der Waals surface area contributed by atoms with Gasteiger partial charge in [-0.2, -0.15) is 10.2 Å². The second-order valence-electron chi connectivity index (χ2n) is 0.775. The Bertz CT molecular complexity index is 63.5. The Morgan fingerprint density at radius 3 is 1.17 bits per heavy atom. The lowest BCUT2D eigenvalue weighted by Gasteiger charge is -1.29. The molecule has 4 heteroatoms. The third-order valence-corrected chi connectivity index (χ3v) is 0.258. The van der Waals surface area contributed by atoms with Gasteiger partial charge >= 0.3 is 0 Å². The van der Waals surface area contributed by atoms with Crippen LogP contribution in [-0.4, -0.2) is 12.7 Å². The van der Waals surface area contributed by atoms with Gasteiger partial charge in [0, 0.05) is 0 Å². The Labute approximate surface area is 34.9 Å². The van der Waals surface area contributed by atoms with E-state index in [-0.39, 0.29) is 0 Å². The van der Waals surface area contributed by atoms with Crippen molar-refractivity contribution >= 4 is 12.7 Å². The number of hydrogen-bond acceptors (Lipinski definition) is 4. The van der Waals surface area contributed by atoms with Crippen LogP contribution in [0.4, 0.5) is 0 Å². The highest BCUT2D eigenvalue weighted by Gasteiger charge is 1.71. The molecule has 2 aliphatic rings. The second kappa shape index (κ2) is 1.40. The molecule has 0 bridgehead atoms. The zero-order valence-electron chi connectivity index (χ0n) is 3.05. The lowest BCUT2D eigenvalue weighted by atomic mass is 11.6. The van der Waals surface area contributed by atoms with Crippen LogP contribution in [0.15, 0.2) is 10.2 Å². The first-order valence-corrected chi connectivity index (χ1v) is 1.54. The zero-order chi connectivity index (χ0) is 4.24. The highest BCUT2D eigenvalue weighted by molar-refractivity contribution is 5.64. The fourth-order valence-corrected chi connectivity index (χ4v) is 0. The number of hydrogen-bond donors (Lipinski definition) is 2. The topological polar surface area (TPSA) is 68.6 Å². The molecule has 0 aliphatic carbocycles. The molecule has 0 radical (unpaired) electrons. The fraction of sp³-hybridized carbons (Fsp3) is 0. The lowest BCUT2D eigenvalue weighted by Crippen LogP contribution is -1.61. The molecule has 4 nitrogen and oxygen atoms in total. The molecule has 0 atom stereocenters. The monoisotopic (exact) mass is 84.0 g/mol. The van der Waals surface area contributed by atoms with E-state index in [2.05, 4.69) is 21.1 Å². The SMILES string of the molecule is C1=NN1.C1=NN1. The minimum Gasteiger partial charge on any atom is -0.265 e. The molecular formula is C2H4N4. The normalized spacial score (nSPS) is 16.0. The summed E-state index contributed by atoms with van der Waals surface area (Å²) < 4.78 is 0. The summed E-state index contributed by atoms with van der Waals surface area (Å²) in [4.78, 5) is 0. The van der Waals surface area contributed by atoms with Crippen molar-refractivity contribution in [2.75, 3.05) is 0 Å². The average Bonchev–Trinajstić information content (AvgIpc) is 2.31. The van der Waals surface area contributed by atoms with E-state index in [1.165, 1.54) is 0 Å². The van der Waals surface area contributed by atoms with Gasteiger partial charge in [0.15, 0.2) is 0 Å². The van der Waals surface area contributed by atoms with E-state index in [4.69, 9.17) is 0 Å². The van der Waals surface area contributed by atoms with Crippen LogP contribution in [0.1, 0.15) is 0 Å². The van der Waals surface area contributed by atoms with Crippen LogP contribution in [0, 0.1) is 0 Å². The molecular weight excluding hydrogens is 80.1 g/mol. The highest BCUT2D eigenvalue weighted by atomic mass is 15.4. The minimum absolute atomic E-state index is 1.62. The standard InChI is InChI=1S/2CH2N2/c2*1-2-3-1/h2*1H,(H,2,3). The van der Waals surface area contributed by atoms with Gasteiger partial charge < -0.3 is 0 Å². The molecule has 2 heterocycles. The van der Waals surface area contributed by atoms with E-state index in [1.54, 1.807) is 12.7 Å². The Morgan fingerprint density at radius 2 is 1.17 bits per heavy atom. The van der Waals surface area contributed by atoms with Crippen LogP contribution in [0.3, 0.4) is 0 Å². The molecule has 32 valence electrons. The molecule has 0 aromatic rings. The van der Waals surface area contributed by atoms with E-state index in [1.807, 2.05) is 0 Å². The maximum Gasteiger partial charge on any atom is 0.129 e. The van der Waals surface area contributed by atoms with Crippen LogP contribution >= 0.6 is 0 Å². The van der Waals surface area contributed by atoms with E-state index < -0.39 is 0 Å². The minimum atomic E-state index is 1.62. The third kappa shape index (κ3) is 12.5. The van der Waals surface area contributed by atoms with Gasteiger partial charge in [-0.3, -0.25) is 10.9 Å². The average molecular weight is 84.1 g/mol. The van der Waals surface area contributed by atoms with Crippen molar-refractivity contribution in [3.8, 4) is 0 Å². The first-order valence-electron chi connectivity index (χ1n) is 1.54. The second-order valence-corrected chi connectivity index (χ2v) is 0.775. The molecule has 0 saturated carbocycles. The third-order valence-electron chi connectivity index (χ3n) is 0.258. The summed E-state index contributed by atoms with van der Waals surface area (Å²) >= 11 is 0. The summed E-state index contributed by atoms with van der Waals surface area (Å²) in [6.45, 7) is 0. The fourth-order valence-electron chi connectivity index (χ4n) is 0. The number of hydrazone groups is 2. The van der Waals surface area contributed by atoms with Crippen molar-refractivity contribution in [3.05, 3.63) is 0 Å². The van der Waals surface area contributed by atoms with E-state index in [0.29, 0.717) is 0 Å². The summed E-state index contributed by atoms with van der Waals surface area (Å²) in [5, 5.41) is 6.75. The van der Waals surface area contributed by atoms with Gasteiger partial charge in [-0.1, -0.05) is 0 Å². The van der Waals surface area contributed by atoms with Crippen molar-refractivity contribution in [1.29, 1.82) is 0 Å². The first-order chi connectivity index (χ1) is 3.00. The maximum atomic E-state index is 3.38. The molecule has 0 saturated heterocycles. The van der Waals surface area contributed by atoms with Gasteiger partial charge in [-0.25, -0.2) is 0 Å². The molecule has 0 aromatic heterocycles. The summed E-state index contributed by atoms with van der Waals surface area (Å²) in [6, 6.07) is 0. The number of rotatable bonds is 0. The smallest absolute Gasteiger partial charge is 0.129 e. The van der Waals surface area contributed by atoms with E-state index in [9.17, 15) is 0 Å². The maximum absolute atomic E-state index is 3.38. The molecule has 2 N–H and O–H groups in total. The van der Waals surface area contributed by atoms with Crippen LogP contribution < -0.4 is 10.9 Å². The number of nitrogens with zero attached hydrogens (tertiary/aromatic N) is 2. The summed E-state index contributed by atoms with van der Waals surface area (Å²) in [7, 11) is 0. The molecule has 0 spiro atoms. The first kappa shape index (κ1) is 3.14. The van der Waals surface area contributed by atoms with Crippen LogP contribution in [0.5, 0.6) is 0 Å². The van der Waals surface area contributed by atoms with Crippen LogP contribution in [0.25, 0.3) is 0 Å². The molecule has 0 unspecified atom stereocenters. The van der Waals surface area contributed by atoms with E-state index in [0.717, 1.165) is 0 Å². The molecule has 6 heavy (non-hydrogen) atoms. The Hall–Kier alpha value is -1.06. The predicted octanol–water partition coefficient (Wildman–Crippen LogP) is -0.934. The molecule has 2 aliphatic heterocycles. The lowest BCUT2D eigenvalue weighted by molar-refractivity contribution is 1.27. The van der Waals surface area contributed by atoms with Crippen molar-refractivity contribution in [3.63, 3.8) is 0 Å². The van der Waals surface area contributed by atoms with Gasteiger partial charge in [0.2, 0.25) is 0 Å². The van der Waals surface area contributed by atoms with Gasteiger partial charge in [-0.05, 0) is 0 Å². The molecule has 0 aromatic carbocycles. The van der Waals surface area contributed by atoms with E-state index >= 15 is 0 Å². The Balaban J connectivity index is 0.0000000600. The van der Waals surface area contributed by atoms with Gasteiger partial charge in [0.05, 0.1) is 0 Å². The van der Waals surface area contributed by atoms with Crippen molar-refractivity contribution in [1.82, 2.24) is 10.9 Å². The van der Waals surface area contributed by atoms with Gasteiger partial charge in [-0.15, -0.1) is 0 Å². The molecule has 0 fully saturated rings. The summed E-state index contributed by atoms with van der Waals surface area (Å²) in [5.74, 6) is 0. The molecule has 0 amide bonds. The largest absolute Gasteiger partial charge is 0.265 e. The summed E-state index contributed by atoms with van der Waals surface area (Å²) in [5.41, 5.74) is 5.00. The van der Waals surface area contributed by atoms with Crippen molar-refractivity contribution in [2.45, 2.75) is 0 Å². The van der Waals surface area contributed by atoms with Crippen LogP contribution in [-0.2, 0) is 0 Å². The quantitative estimate of drug-likeness (QED) is 0.398. The van der Waals surface area contributed by atoms with Gasteiger partial charge in [0.25, 0.3) is 0 Å². The van der Waals surface area contributed by atoms with Crippen molar-refractivity contribution < 1.29 is 0 Å². The van der Waals surface area contributed by atoms with Gasteiger partial charge in [0.1, 0.15) is 12.7 Å². The predicted molar refractivity (Wildman–Crippen MR) is 23.3 cm³/mol. The highest BCUT2D eigenvalue weighted by Crippen LogP contribution is 1.57.